The Morgan fingerprint density at radius 1 is 1.38 bits per heavy atom. The minimum absolute atomic E-state index is 0.0956. The molecule has 0 saturated heterocycles. The number of unbranched alkanes of at least 4 members (excludes halogenated alkanes) is 1. The fourth-order valence-corrected chi connectivity index (χ4v) is 1.85. The van der Waals surface area contributed by atoms with Crippen molar-refractivity contribution in [2.24, 2.45) is 0 Å². The van der Waals surface area contributed by atoms with E-state index >= 15 is 0 Å². The molecule has 1 N–H and O–H groups in total. The summed E-state index contributed by atoms with van der Waals surface area (Å²) in [6.07, 6.45) is 3.53. The third-order valence-electron chi connectivity index (χ3n) is 2.76. The Morgan fingerprint density at radius 3 is 3.06 bits per heavy atom. The standard InChI is InChI=1S/C13H17NO2/c1-2-3-9-16-12-6-4-5-11-10(12)7-8-13(15)14-11/h4-6H,2-3,7-9H2,1H3,(H,14,15). The van der Waals surface area contributed by atoms with Gasteiger partial charge in [-0.05, 0) is 25.0 Å². The summed E-state index contributed by atoms with van der Waals surface area (Å²) in [7, 11) is 0. The lowest BCUT2D eigenvalue weighted by molar-refractivity contribution is -0.116. The van der Waals surface area contributed by atoms with E-state index in [1.165, 1.54) is 0 Å². The average molecular weight is 219 g/mol. The van der Waals surface area contributed by atoms with Gasteiger partial charge >= 0.3 is 0 Å². The predicted octanol–water partition coefficient (Wildman–Crippen LogP) is 2.75. The van der Waals surface area contributed by atoms with Gasteiger partial charge in [0.05, 0.1) is 6.61 Å². The van der Waals surface area contributed by atoms with E-state index in [0.717, 1.165) is 42.9 Å². The fourth-order valence-electron chi connectivity index (χ4n) is 1.85. The molecular weight excluding hydrogens is 202 g/mol. The van der Waals surface area contributed by atoms with Crippen LogP contribution in [-0.4, -0.2) is 12.5 Å². The predicted molar refractivity (Wildman–Crippen MR) is 63.8 cm³/mol. The third-order valence-corrected chi connectivity index (χ3v) is 2.76. The van der Waals surface area contributed by atoms with Crippen molar-refractivity contribution in [1.82, 2.24) is 0 Å². The minimum Gasteiger partial charge on any atom is -0.493 e. The second kappa shape index (κ2) is 5.01. The van der Waals surface area contributed by atoms with Crippen molar-refractivity contribution in [2.45, 2.75) is 32.6 Å². The van der Waals surface area contributed by atoms with Gasteiger partial charge in [0.25, 0.3) is 0 Å². The van der Waals surface area contributed by atoms with E-state index < -0.39 is 0 Å². The zero-order valence-electron chi connectivity index (χ0n) is 9.58. The van der Waals surface area contributed by atoms with Crippen LogP contribution in [0.5, 0.6) is 5.75 Å². The van der Waals surface area contributed by atoms with E-state index in [4.69, 9.17) is 4.74 Å². The second-order valence-corrected chi connectivity index (χ2v) is 4.03. The molecule has 0 saturated carbocycles. The van der Waals surface area contributed by atoms with Crippen LogP contribution < -0.4 is 10.1 Å². The summed E-state index contributed by atoms with van der Waals surface area (Å²) < 4.78 is 5.73. The quantitative estimate of drug-likeness (QED) is 0.791. The smallest absolute Gasteiger partial charge is 0.224 e. The van der Waals surface area contributed by atoms with E-state index in [9.17, 15) is 4.79 Å². The van der Waals surface area contributed by atoms with Crippen LogP contribution in [0.15, 0.2) is 18.2 Å². The van der Waals surface area contributed by atoms with Crippen molar-refractivity contribution in [3.63, 3.8) is 0 Å². The molecule has 1 heterocycles. The molecule has 0 unspecified atom stereocenters. The first-order chi connectivity index (χ1) is 7.81. The lowest BCUT2D eigenvalue weighted by Crippen LogP contribution is -2.19. The van der Waals surface area contributed by atoms with Crippen molar-refractivity contribution >= 4 is 11.6 Å². The second-order valence-electron chi connectivity index (χ2n) is 4.03. The van der Waals surface area contributed by atoms with Gasteiger partial charge in [0.15, 0.2) is 0 Å². The van der Waals surface area contributed by atoms with Gasteiger partial charge in [0, 0.05) is 17.7 Å². The molecule has 16 heavy (non-hydrogen) atoms. The number of nitrogens with one attached hydrogen (secondary N) is 1. The van der Waals surface area contributed by atoms with Gasteiger partial charge in [-0.15, -0.1) is 0 Å². The van der Waals surface area contributed by atoms with Crippen LogP contribution in [0, 0.1) is 0 Å². The van der Waals surface area contributed by atoms with E-state index in [1.54, 1.807) is 0 Å². The first-order valence-corrected chi connectivity index (χ1v) is 5.86. The Labute approximate surface area is 95.8 Å². The molecular formula is C13H17NO2. The van der Waals surface area contributed by atoms with Crippen LogP contribution in [0.1, 0.15) is 31.7 Å². The topological polar surface area (TPSA) is 38.3 Å². The van der Waals surface area contributed by atoms with E-state index in [2.05, 4.69) is 12.2 Å². The molecule has 0 aromatic heterocycles. The van der Waals surface area contributed by atoms with Crippen molar-refractivity contribution in [1.29, 1.82) is 0 Å². The Hall–Kier alpha value is -1.51. The monoisotopic (exact) mass is 219 g/mol. The van der Waals surface area contributed by atoms with Gasteiger partial charge in [0.2, 0.25) is 5.91 Å². The lowest BCUT2D eigenvalue weighted by Gasteiger charge is -2.19. The third kappa shape index (κ3) is 2.35. The zero-order chi connectivity index (χ0) is 11.4. The highest BCUT2D eigenvalue weighted by molar-refractivity contribution is 5.94. The number of rotatable bonds is 4. The molecule has 2 rings (SSSR count). The van der Waals surface area contributed by atoms with E-state index in [1.807, 2.05) is 18.2 Å². The maximum atomic E-state index is 11.2. The van der Waals surface area contributed by atoms with Crippen LogP contribution >= 0.6 is 0 Å². The molecule has 86 valence electrons. The highest BCUT2D eigenvalue weighted by atomic mass is 16.5. The first-order valence-electron chi connectivity index (χ1n) is 5.86. The summed E-state index contributed by atoms with van der Waals surface area (Å²) in [6, 6.07) is 5.83. The Morgan fingerprint density at radius 2 is 2.25 bits per heavy atom. The Bertz CT molecular complexity index is 388. The summed E-state index contributed by atoms with van der Waals surface area (Å²) in [5.41, 5.74) is 2.04. The molecule has 0 radical (unpaired) electrons. The molecule has 1 aromatic carbocycles. The number of carbonyl (C=O) groups is 1. The maximum absolute atomic E-state index is 11.2. The molecule has 3 nitrogen and oxygen atoms in total. The van der Waals surface area contributed by atoms with Gasteiger partial charge in [0.1, 0.15) is 5.75 Å². The number of hydrogen-bond acceptors (Lipinski definition) is 2. The number of ether oxygens (including phenoxy) is 1. The summed E-state index contributed by atoms with van der Waals surface area (Å²) in [5, 5.41) is 2.87. The number of fused-ring (bicyclic) bond motifs is 1. The van der Waals surface area contributed by atoms with Crippen molar-refractivity contribution in [3.8, 4) is 5.75 Å². The zero-order valence-corrected chi connectivity index (χ0v) is 9.58. The number of anilines is 1. The van der Waals surface area contributed by atoms with Crippen molar-refractivity contribution in [3.05, 3.63) is 23.8 Å². The van der Waals surface area contributed by atoms with Crippen LogP contribution in [0.2, 0.25) is 0 Å². The molecule has 0 spiro atoms. The summed E-state index contributed by atoms with van der Waals surface area (Å²) in [6.45, 7) is 2.89. The highest BCUT2D eigenvalue weighted by Gasteiger charge is 2.17. The summed E-state index contributed by atoms with van der Waals surface area (Å²) in [5.74, 6) is 1.02. The SMILES string of the molecule is CCCCOc1cccc2c1CCC(=O)N2. The maximum Gasteiger partial charge on any atom is 0.224 e. The average Bonchev–Trinajstić information content (AvgIpc) is 2.29. The number of amides is 1. The van der Waals surface area contributed by atoms with Gasteiger partial charge in [-0.25, -0.2) is 0 Å². The van der Waals surface area contributed by atoms with Crippen LogP contribution in [0.4, 0.5) is 5.69 Å². The number of benzene rings is 1. The molecule has 0 bridgehead atoms. The molecule has 1 aliphatic rings. The van der Waals surface area contributed by atoms with Crippen molar-refractivity contribution < 1.29 is 9.53 Å². The van der Waals surface area contributed by atoms with Gasteiger partial charge in [-0.2, -0.15) is 0 Å². The normalized spacial score (nSPS) is 14.2. The lowest BCUT2D eigenvalue weighted by atomic mass is 10.0. The molecule has 0 atom stereocenters. The highest BCUT2D eigenvalue weighted by Crippen LogP contribution is 2.31. The molecule has 0 aliphatic carbocycles. The van der Waals surface area contributed by atoms with Crippen LogP contribution in [-0.2, 0) is 11.2 Å². The Kier molecular flexibility index (Phi) is 3.44. The van der Waals surface area contributed by atoms with Gasteiger partial charge in [-0.1, -0.05) is 19.4 Å². The number of carbonyl (C=O) groups excluding carboxylic acids is 1. The molecule has 1 amide bonds. The van der Waals surface area contributed by atoms with Gasteiger partial charge < -0.3 is 10.1 Å². The van der Waals surface area contributed by atoms with E-state index in [-0.39, 0.29) is 5.91 Å². The minimum atomic E-state index is 0.0956. The van der Waals surface area contributed by atoms with E-state index in [0.29, 0.717) is 6.42 Å². The molecule has 3 heteroatoms. The van der Waals surface area contributed by atoms with Crippen LogP contribution in [0.3, 0.4) is 0 Å². The molecule has 1 aliphatic heterocycles. The summed E-state index contributed by atoms with van der Waals surface area (Å²) in [4.78, 5) is 11.2. The molecule has 1 aromatic rings. The fraction of sp³-hybridized carbons (Fsp3) is 0.462. The Balaban J connectivity index is 2.13. The first kappa shape index (κ1) is 11.0. The number of hydrogen-bond donors (Lipinski definition) is 1. The van der Waals surface area contributed by atoms with Crippen LogP contribution in [0.25, 0.3) is 0 Å². The summed E-state index contributed by atoms with van der Waals surface area (Å²) >= 11 is 0. The molecule has 0 fully saturated rings. The largest absolute Gasteiger partial charge is 0.493 e. The van der Waals surface area contributed by atoms with Gasteiger partial charge in [-0.3, -0.25) is 4.79 Å². The van der Waals surface area contributed by atoms with Crippen molar-refractivity contribution in [2.75, 3.05) is 11.9 Å².